The Morgan fingerprint density at radius 3 is 2.27 bits per heavy atom. The predicted octanol–water partition coefficient (Wildman–Crippen LogP) is 6.11. The smallest absolute Gasteiger partial charge is 0.262 e. The molecule has 1 N–H and O–H groups in total. The Morgan fingerprint density at radius 1 is 0.909 bits per heavy atom. The van der Waals surface area contributed by atoms with E-state index < -0.39 is 0 Å². The van der Waals surface area contributed by atoms with E-state index in [0.717, 1.165) is 17.5 Å². The Bertz CT molecular complexity index is 1210. The van der Waals surface area contributed by atoms with E-state index in [-0.39, 0.29) is 17.9 Å². The summed E-state index contributed by atoms with van der Waals surface area (Å²) in [7, 11) is 0. The molecule has 168 valence electrons. The largest absolute Gasteiger partial charge is 0.484 e. The molecule has 1 amide bonds. The van der Waals surface area contributed by atoms with Gasteiger partial charge in [-0.15, -0.1) is 10.2 Å². The Morgan fingerprint density at radius 2 is 1.58 bits per heavy atom. The van der Waals surface area contributed by atoms with Crippen molar-refractivity contribution in [2.75, 3.05) is 11.9 Å². The van der Waals surface area contributed by atoms with Crippen LogP contribution in [0.25, 0.3) is 22.9 Å². The predicted molar refractivity (Wildman–Crippen MR) is 129 cm³/mol. The van der Waals surface area contributed by atoms with E-state index in [9.17, 15) is 4.79 Å². The van der Waals surface area contributed by atoms with Crippen molar-refractivity contribution < 1.29 is 13.9 Å². The zero-order valence-electron chi connectivity index (χ0n) is 19.0. The van der Waals surface area contributed by atoms with Crippen molar-refractivity contribution in [3.05, 3.63) is 84.4 Å². The zero-order chi connectivity index (χ0) is 23.3. The fraction of sp³-hybridized carbons (Fsp3) is 0.222. The molecule has 0 fully saturated rings. The highest BCUT2D eigenvalue weighted by atomic mass is 16.5. The first-order valence-electron chi connectivity index (χ1n) is 11.0. The molecule has 6 nitrogen and oxygen atoms in total. The van der Waals surface area contributed by atoms with E-state index in [1.165, 1.54) is 5.56 Å². The number of ether oxygens (including phenoxy) is 1. The van der Waals surface area contributed by atoms with Gasteiger partial charge in [-0.2, -0.15) is 0 Å². The van der Waals surface area contributed by atoms with Gasteiger partial charge in [0.25, 0.3) is 5.91 Å². The minimum atomic E-state index is -0.249. The number of nitrogens with one attached hydrogen (secondary N) is 1. The molecule has 0 radical (unpaired) electrons. The van der Waals surface area contributed by atoms with Gasteiger partial charge in [0.2, 0.25) is 11.8 Å². The number of rotatable bonds is 8. The maximum absolute atomic E-state index is 12.4. The number of nitrogens with zero attached hydrogens (tertiary/aromatic N) is 2. The van der Waals surface area contributed by atoms with Gasteiger partial charge in [-0.05, 0) is 59.9 Å². The van der Waals surface area contributed by atoms with E-state index >= 15 is 0 Å². The number of benzene rings is 3. The minimum absolute atomic E-state index is 0.0839. The molecule has 4 aromatic rings. The van der Waals surface area contributed by atoms with Crippen LogP contribution in [0.5, 0.6) is 5.75 Å². The van der Waals surface area contributed by atoms with Gasteiger partial charge in [-0.1, -0.05) is 57.2 Å². The van der Waals surface area contributed by atoms with Crippen molar-refractivity contribution in [2.24, 2.45) is 0 Å². The van der Waals surface area contributed by atoms with E-state index in [4.69, 9.17) is 9.15 Å². The highest BCUT2D eigenvalue weighted by molar-refractivity contribution is 5.92. The molecule has 3 aromatic carbocycles. The van der Waals surface area contributed by atoms with E-state index in [1.807, 2.05) is 66.7 Å². The molecular weight excluding hydrogens is 414 g/mol. The Kier molecular flexibility index (Phi) is 6.54. The van der Waals surface area contributed by atoms with Gasteiger partial charge in [0.1, 0.15) is 5.75 Å². The summed E-state index contributed by atoms with van der Waals surface area (Å²) in [4.78, 5) is 12.4. The lowest BCUT2D eigenvalue weighted by Gasteiger charge is -2.23. The first-order chi connectivity index (χ1) is 15.9. The second kappa shape index (κ2) is 9.69. The van der Waals surface area contributed by atoms with Gasteiger partial charge in [-0.25, -0.2) is 0 Å². The van der Waals surface area contributed by atoms with Crippen LogP contribution >= 0.6 is 0 Å². The van der Waals surface area contributed by atoms with Crippen LogP contribution in [-0.2, 0) is 10.2 Å². The minimum Gasteiger partial charge on any atom is -0.484 e. The van der Waals surface area contributed by atoms with Crippen LogP contribution in [0, 0.1) is 0 Å². The molecule has 0 saturated heterocycles. The Balaban J connectivity index is 1.37. The number of carbonyl (C=O) groups is 1. The maximum atomic E-state index is 12.4. The van der Waals surface area contributed by atoms with Crippen LogP contribution in [0.2, 0.25) is 0 Å². The molecule has 6 heteroatoms. The van der Waals surface area contributed by atoms with Crippen LogP contribution in [0.3, 0.4) is 0 Å². The molecule has 0 atom stereocenters. The number of aromatic nitrogens is 2. The fourth-order valence-corrected chi connectivity index (χ4v) is 3.32. The first kappa shape index (κ1) is 22.3. The zero-order valence-corrected chi connectivity index (χ0v) is 19.0. The number of carbonyl (C=O) groups excluding carboxylic acids is 1. The van der Waals surface area contributed by atoms with E-state index in [1.54, 1.807) is 12.1 Å². The van der Waals surface area contributed by atoms with Gasteiger partial charge >= 0.3 is 0 Å². The Hall–Kier alpha value is -3.93. The van der Waals surface area contributed by atoms with Gasteiger partial charge in [0.05, 0.1) is 0 Å². The van der Waals surface area contributed by atoms with Crippen LogP contribution in [-0.4, -0.2) is 22.7 Å². The summed E-state index contributed by atoms with van der Waals surface area (Å²) in [5, 5.41) is 11.1. The third kappa shape index (κ3) is 5.47. The molecular formula is C27H27N3O3. The molecule has 0 bridgehead atoms. The number of amides is 1. The van der Waals surface area contributed by atoms with Crippen molar-refractivity contribution in [3.8, 4) is 28.7 Å². The maximum Gasteiger partial charge on any atom is 0.262 e. The van der Waals surface area contributed by atoms with Gasteiger partial charge in [0.15, 0.2) is 6.61 Å². The SMILES string of the molecule is CCC(C)(C)c1ccc(OCC(=O)Nc2cccc(-c3nnc(-c4ccccc4)o3)c2)cc1. The molecule has 0 aliphatic carbocycles. The number of anilines is 1. The van der Waals surface area contributed by atoms with E-state index in [0.29, 0.717) is 23.2 Å². The average Bonchev–Trinajstić information content (AvgIpc) is 3.34. The van der Waals surface area contributed by atoms with Gasteiger partial charge in [0, 0.05) is 16.8 Å². The molecule has 33 heavy (non-hydrogen) atoms. The average molecular weight is 442 g/mol. The fourth-order valence-electron chi connectivity index (χ4n) is 3.32. The van der Waals surface area contributed by atoms with Crippen LogP contribution in [0.1, 0.15) is 32.8 Å². The summed E-state index contributed by atoms with van der Waals surface area (Å²) < 4.78 is 11.5. The number of hydrogen-bond acceptors (Lipinski definition) is 5. The lowest BCUT2D eigenvalue weighted by molar-refractivity contribution is -0.118. The van der Waals surface area contributed by atoms with Gasteiger partial charge in [-0.3, -0.25) is 4.79 Å². The highest BCUT2D eigenvalue weighted by Crippen LogP contribution is 2.28. The third-order valence-corrected chi connectivity index (χ3v) is 5.73. The standard InChI is InChI=1S/C27H27N3O3/c1-4-27(2,3)21-13-15-23(16-14-21)32-18-24(31)28-22-12-8-11-20(17-22)26-30-29-25(33-26)19-9-6-5-7-10-19/h5-17H,4,18H2,1-3H3,(H,28,31). The first-order valence-corrected chi connectivity index (χ1v) is 11.0. The van der Waals surface area contributed by atoms with Crippen molar-refractivity contribution in [2.45, 2.75) is 32.6 Å². The summed E-state index contributed by atoms with van der Waals surface area (Å²) in [5.74, 6) is 1.24. The van der Waals surface area contributed by atoms with Gasteiger partial charge < -0.3 is 14.5 Å². The molecule has 0 unspecified atom stereocenters. The quantitative estimate of drug-likeness (QED) is 0.357. The van der Waals surface area contributed by atoms with Crippen LogP contribution in [0.15, 0.2) is 83.3 Å². The monoisotopic (exact) mass is 441 g/mol. The van der Waals surface area contributed by atoms with E-state index in [2.05, 4.69) is 36.3 Å². The van der Waals surface area contributed by atoms with Crippen molar-refractivity contribution in [1.29, 1.82) is 0 Å². The molecule has 1 heterocycles. The highest BCUT2D eigenvalue weighted by Gasteiger charge is 2.17. The third-order valence-electron chi connectivity index (χ3n) is 5.73. The lowest BCUT2D eigenvalue weighted by Crippen LogP contribution is -2.20. The van der Waals surface area contributed by atoms with Crippen molar-refractivity contribution >= 4 is 11.6 Å². The molecule has 0 aliphatic rings. The van der Waals surface area contributed by atoms with Crippen molar-refractivity contribution in [3.63, 3.8) is 0 Å². The molecule has 4 rings (SSSR count). The second-order valence-corrected chi connectivity index (χ2v) is 8.46. The normalized spacial score (nSPS) is 11.2. The second-order valence-electron chi connectivity index (χ2n) is 8.46. The number of hydrogen-bond donors (Lipinski definition) is 1. The molecule has 0 aliphatic heterocycles. The summed E-state index contributed by atoms with van der Waals surface area (Å²) >= 11 is 0. The molecule has 0 spiro atoms. The summed E-state index contributed by atoms with van der Waals surface area (Å²) in [6.45, 7) is 6.51. The summed E-state index contributed by atoms with van der Waals surface area (Å²) in [5.41, 5.74) is 3.55. The molecule has 0 saturated carbocycles. The Labute approximate surface area is 193 Å². The summed E-state index contributed by atoms with van der Waals surface area (Å²) in [6, 6.07) is 24.8. The lowest BCUT2D eigenvalue weighted by atomic mass is 9.82. The van der Waals surface area contributed by atoms with Crippen LogP contribution < -0.4 is 10.1 Å². The summed E-state index contributed by atoms with van der Waals surface area (Å²) in [6.07, 6.45) is 1.05. The molecule has 1 aromatic heterocycles. The topological polar surface area (TPSA) is 77.2 Å². The van der Waals surface area contributed by atoms with Crippen molar-refractivity contribution in [1.82, 2.24) is 10.2 Å². The van der Waals surface area contributed by atoms with Crippen LogP contribution in [0.4, 0.5) is 5.69 Å².